The third kappa shape index (κ3) is 3.63. The molecule has 2 aromatic carbocycles. The molecule has 0 radical (unpaired) electrons. The van der Waals surface area contributed by atoms with Crippen molar-refractivity contribution in [3.8, 4) is 11.5 Å². The molecule has 0 saturated heterocycles. The second kappa shape index (κ2) is 6.44. The van der Waals surface area contributed by atoms with Gasteiger partial charge in [-0.05, 0) is 37.1 Å². The van der Waals surface area contributed by atoms with Gasteiger partial charge < -0.3 is 10.5 Å². The molecule has 0 amide bonds. The smallest absolute Gasteiger partial charge is 0.149 e. The third-order valence-electron chi connectivity index (χ3n) is 2.70. The minimum atomic E-state index is -0.537. The lowest BCUT2D eigenvalue weighted by molar-refractivity contribution is 0.469. The SMILES string of the molecule is CC(N)Cc1cccc(Cl)c1Oc1ccc(Cl)c(F)c1. The largest absolute Gasteiger partial charge is 0.455 e. The van der Waals surface area contributed by atoms with E-state index in [0.717, 1.165) is 5.56 Å². The van der Waals surface area contributed by atoms with E-state index in [9.17, 15) is 4.39 Å². The summed E-state index contributed by atoms with van der Waals surface area (Å²) in [6.07, 6.45) is 0.617. The van der Waals surface area contributed by atoms with Crippen LogP contribution in [0.1, 0.15) is 12.5 Å². The van der Waals surface area contributed by atoms with Crippen molar-refractivity contribution < 1.29 is 9.13 Å². The monoisotopic (exact) mass is 313 g/mol. The van der Waals surface area contributed by atoms with E-state index < -0.39 is 5.82 Å². The Labute approximate surface area is 127 Å². The zero-order chi connectivity index (χ0) is 14.7. The highest BCUT2D eigenvalue weighted by Gasteiger charge is 2.12. The molecule has 1 unspecified atom stereocenters. The van der Waals surface area contributed by atoms with Crippen LogP contribution in [0.2, 0.25) is 10.0 Å². The van der Waals surface area contributed by atoms with Crippen molar-refractivity contribution in [1.82, 2.24) is 0 Å². The highest BCUT2D eigenvalue weighted by molar-refractivity contribution is 6.32. The Bertz CT molecular complexity index is 617. The maximum Gasteiger partial charge on any atom is 0.149 e. The molecule has 1 atom stereocenters. The molecule has 106 valence electrons. The molecule has 20 heavy (non-hydrogen) atoms. The molecule has 0 fully saturated rings. The lowest BCUT2D eigenvalue weighted by Crippen LogP contribution is -2.18. The van der Waals surface area contributed by atoms with Crippen LogP contribution in [0.4, 0.5) is 4.39 Å². The first-order chi connectivity index (χ1) is 9.47. The molecule has 2 aromatic rings. The molecule has 0 aromatic heterocycles. The number of halogens is 3. The quantitative estimate of drug-likeness (QED) is 0.878. The van der Waals surface area contributed by atoms with Crippen molar-refractivity contribution in [3.05, 3.63) is 57.8 Å². The van der Waals surface area contributed by atoms with Crippen molar-refractivity contribution in [3.63, 3.8) is 0 Å². The molecule has 0 bridgehead atoms. The Balaban J connectivity index is 2.34. The van der Waals surface area contributed by atoms with E-state index >= 15 is 0 Å². The minimum absolute atomic E-state index is 0.0298. The van der Waals surface area contributed by atoms with Gasteiger partial charge in [0.1, 0.15) is 17.3 Å². The predicted molar refractivity (Wildman–Crippen MR) is 80.3 cm³/mol. The Morgan fingerprint density at radius 2 is 1.95 bits per heavy atom. The van der Waals surface area contributed by atoms with E-state index in [1.54, 1.807) is 12.1 Å². The van der Waals surface area contributed by atoms with E-state index in [0.29, 0.717) is 22.9 Å². The highest BCUT2D eigenvalue weighted by Crippen LogP contribution is 2.34. The topological polar surface area (TPSA) is 35.2 Å². The first kappa shape index (κ1) is 15.1. The predicted octanol–water partition coefficient (Wildman–Crippen LogP) is 4.81. The Kier molecular flexibility index (Phi) is 4.86. The van der Waals surface area contributed by atoms with Gasteiger partial charge in [0.15, 0.2) is 0 Å². The van der Waals surface area contributed by atoms with Crippen LogP contribution in [0.25, 0.3) is 0 Å². The first-order valence-electron chi connectivity index (χ1n) is 6.13. The number of hydrogen-bond donors (Lipinski definition) is 1. The fourth-order valence-electron chi connectivity index (χ4n) is 1.83. The maximum atomic E-state index is 13.4. The average molecular weight is 314 g/mol. The van der Waals surface area contributed by atoms with Crippen LogP contribution >= 0.6 is 23.2 Å². The van der Waals surface area contributed by atoms with Crippen LogP contribution in [0.3, 0.4) is 0 Å². The normalized spacial score (nSPS) is 12.2. The van der Waals surface area contributed by atoms with Crippen LogP contribution in [0, 0.1) is 5.82 Å². The van der Waals surface area contributed by atoms with Gasteiger partial charge in [-0.1, -0.05) is 35.3 Å². The third-order valence-corrected chi connectivity index (χ3v) is 3.31. The summed E-state index contributed by atoms with van der Waals surface area (Å²) in [6.45, 7) is 1.90. The van der Waals surface area contributed by atoms with Crippen LogP contribution in [-0.4, -0.2) is 6.04 Å². The lowest BCUT2D eigenvalue weighted by Gasteiger charge is -2.14. The van der Waals surface area contributed by atoms with Crippen molar-refractivity contribution in [2.24, 2.45) is 5.73 Å². The minimum Gasteiger partial charge on any atom is -0.455 e. The van der Waals surface area contributed by atoms with E-state index in [1.165, 1.54) is 12.1 Å². The van der Waals surface area contributed by atoms with E-state index in [-0.39, 0.29) is 11.1 Å². The molecule has 5 heteroatoms. The van der Waals surface area contributed by atoms with Crippen LogP contribution in [0.15, 0.2) is 36.4 Å². The van der Waals surface area contributed by atoms with Gasteiger partial charge in [0.05, 0.1) is 10.0 Å². The summed E-state index contributed by atoms with van der Waals surface area (Å²) in [4.78, 5) is 0. The highest BCUT2D eigenvalue weighted by atomic mass is 35.5. The van der Waals surface area contributed by atoms with Crippen molar-refractivity contribution in [2.45, 2.75) is 19.4 Å². The first-order valence-corrected chi connectivity index (χ1v) is 6.89. The summed E-state index contributed by atoms with van der Waals surface area (Å²) in [5.41, 5.74) is 6.68. The number of rotatable bonds is 4. The van der Waals surface area contributed by atoms with Crippen LogP contribution in [-0.2, 0) is 6.42 Å². The molecular formula is C15H14Cl2FNO. The summed E-state index contributed by atoms with van der Waals surface area (Å²) in [7, 11) is 0. The molecule has 2 N–H and O–H groups in total. The number of ether oxygens (including phenoxy) is 1. The van der Waals surface area contributed by atoms with Gasteiger partial charge >= 0.3 is 0 Å². The number of hydrogen-bond acceptors (Lipinski definition) is 2. The fraction of sp³-hybridized carbons (Fsp3) is 0.200. The summed E-state index contributed by atoms with van der Waals surface area (Å²) in [6, 6.07) is 9.65. The molecule has 0 aliphatic heterocycles. The fourth-order valence-corrected chi connectivity index (χ4v) is 2.18. The lowest BCUT2D eigenvalue weighted by atomic mass is 10.1. The Hall–Kier alpha value is -1.29. The summed E-state index contributed by atoms with van der Waals surface area (Å²) in [5.74, 6) is 0.295. The molecule has 0 spiro atoms. The van der Waals surface area contributed by atoms with Gasteiger partial charge in [-0.15, -0.1) is 0 Å². The Morgan fingerprint density at radius 3 is 2.60 bits per heavy atom. The Morgan fingerprint density at radius 1 is 1.20 bits per heavy atom. The van der Waals surface area contributed by atoms with Crippen LogP contribution in [0.5, 0.6) is 11.5 Å². The molecule has 2 rings (SSSR count). The van der Waals surface area contributed by atoms with Gasteiger partial charge in [0, 0.05) is 12.1 Å². The van der Waals surface area contributed by atoms with Gasteiger partial charge in [0.2, 0.25) is 0 Å². The average Bonchev–Trinajstić information content (AvgIpc) is 2.37. The maximum absolute atomic E-state index is 13.4. The van der Waals surface area contributed by atoms with Gasteiger partial charge in [-0.2, -0.15) is 0 Å². The second-order valence-corrected chi connectivity index (χ2v) is 5.40. The summed E-state index contributed by atoms with van der Waals surface area (Å²) >= 11 is 11.8. The zero-order valence-electron chi connectivity index (χ0n) is 10.9. The van der Waals surface area contributed by atoms with Gasteiger partial charge in [0.25, 0.3) is 0 Å². The molecule has 0 heterocycles. The number of benzene rings is 2. The molecular weight excluding hydrogens is 300 g/mol. The van der Waals surface area contributed by atoms with Crippen molar-refractivity contribution in [2.75, 3.05) is 0 Å². The molecule has 2 nitrogen and oxygen atoms in total. The van der Waals surface area contributed by atoms with E-state index in [1.807, 2.05) is 19.1 Å². The van der Waals surface area contributed by atoms with E-state index in [4.69, 9.17) is 33.7 Å². The number of nitrogens with two attached hydrogens (primary N) is 1. The standard InChI is InChI=1S/C15H14Cl2FNO/c1-9(19)7-10-3-2-4-13(17)15(10)20-11-5-6-12(16)14(18)8-11/h2-6,8-9H,7,19H2,1H3. The number of para-hydroxylation sites is 1. The second-order valence-electron chi connectivity index (χ2n) is 4.59. The van der Waals surface area contributed by atoms with Crippen molar-refractivity contribution >= 4 is 23.2 Å². The van der Waals surface area contributed by atoms with E-state index in [2.05, 4.69) is 0 Å². The van der Waals surface area contributed by atoms with Crippen molar-refractivity contribution in [1.29, 1.82) is 0 Å². The summed E-state index contributed by atoms with van der Waals surface area (Å²) < 4.78 is 19.1. The van der Waals surface area contributed by atoms with Gasteiger partial charge in [-0.3, -0.25) is 0 Å². The molecule has 0 aliphatic carbocycles. The van der Waals surface area contributed by atoms with Crippen LogP contribution < -0.4 is 10.5 Å². The van der Waals surface area contributed by atoms with Gasteiger partial charge in [-0.25, -0.2) is 4.39 Å². The summed E-state index contributed by atoms with van der Waals surface area (Å²) in [5, 5.41) is 0.505. The zero-order valence-corrected chi connectivity index (χ0v) is 12.4. The molecule has 0 aliphatic rings. The molecule has 0 saturated carbocycles.